The number of rotatable bonds is 2. The van der Waals surface area contributed by atoms with Crippen molar-refractivity contribution in [1.29, 1.82) is 0 Å². The van der Waals surface area contributed by atoms with Gasteiger partial charge in [0.2, 0.25) is 0 Å². The second-order valence-electron chi connectivity index (χ2n) is 6.48. The van der Waals surface area contributed by atoms with Crippen LogP contribution in [-0.4, -0.2) is 9.97 Å². The van der Waals surface area contributed by atoms with Gasteiger partial charge in [-0.3, -0.25) is 0 Å². The fourth-order valence-corrected chi connectivity index (χ4v) is 3.54. The van der Waals surface area contributed by atoms with E-state index in [1.54, 1.807) is 0 Å². The van der Waals surface area contributed by atoms with Gasteiger partial charge >= 0.3 is 0 Å². The Bertz CT molecular complexity index is 1280. The van der Waals surface area contributed by atoms with Crippen molar-refractivity contribution in [3.05, 3.63) is 96.0 Å². The summed E-state index contributed by atoms with van der Waals surface area (Å²) in [6.45, 7) is 0. The molecule has 0 aliphatic heterocycles. The summed E-state index contributed by atoms with van der Waals surface area (Å²) in [6.07, 6.45) is 0. The van der Waals surface area contributed by atoms with Crippen molar-refractivity contribution in [1.82, 2.24) is 9.97 Å². The zero-order valence-electron chi connectivity index (χ0n) is 14.4. The minimum absolute atomic E-state index is 0.741. The molecule has 3 heteroatoms. The van der Waals surface area contributed by atoms with Gasteiger partial charge in [0.05, 0.1) is 22.4 Å². The van der Waals surface area contributed by atoms with Crippen molar-refractivity contribution in [2.45, 2.75) is 0 Å². The van der Waals surface area contributed by atoms with Crippen LogP contribution in [0, 0.1) is 0 Å². The van der Waals surface area contributed by atoms with E-state index in [0.717, 1.165) is 49.3 Å². The third-order valence-electron chi connectivity index (χ3n) is 4.69. The maximum absolute atomic E-state index is 6.12. The fraction of sp³-hybridized carbons (Fsp3) is 0. The Morgan fingerprint density at radius 2 is 1.11 bits per heavy atom. The summed E-state index contributed by atoms with van der Waals surface area (Å²) < 4.78 is 0. The first-order valence-electron chi connectivity index (χ1n) is 8.80. The maximum Gasteiger partial charge on any atom is 0.0973 e. The molecule has 0 amide bonds. The smallest absolute Gasteiger partial charge is 0.0973 e. The molecule has 1 heterocycles. The van der Waals surface area contributed by atoms with Crippen LogP contribution >= 0.6 is 11.6 Å². The molecule has 27 heavy (non-hydrogen) atoms. The molecule has 128 valence electrons. The summed E-state index contributed by atoms with van der Waals surface area (Å²) >= 11 is 6.12. The minimum Gasteiger partial charge on any atom is -0.244 e. The van der Waals surface area contributed by atoms with E-state index in [4.69, 9.17) is 21.6 Å². The predicted molar refractivity (Wildman–Crippen MR) is 113 cm³/mol. The van der Waals surface area contributed by atoms with Gasteiger partial charge in [-0.1, -0.05) is 72.3 Å². The number of hydrogen-bond acceptors (Lipinski definition) is 2. The number of para-hydroxylation sites is 2. The Morgan fingerprint density at radius 1 is 0.519 bits per heavy atom. The second-order valence-corrected chi connectivity index (χ2v) is 6.92. The quantitative estimate of drug-likeness (QED) is 0.344. The van der Waals surface area contributed by atoms with E-state index in [2.05, 4.69) is 30.3 Å². The number of aromatic nitrogens is 2. The first-order valence-corrected chi connectivity index (χ1v) is 9.18. The van der Waals surface area contributed by atoms with Crippen molar-refractivity contribution in [3.8, 4) is 22.5 Å². The summed E-state index contributed by atoms with van der Waals surface area (Å²) in [4.78, 5) is 9.89. The molecule has 4 aromatic carbocycles. The van der Waals surface area contributed by atoms with Crippen LogP contribution in [-0.2, 0) is 0 Å². The highest BCUT2D eigenvalue weighted by Gasteiger charge is 2.13. The van der Waals surface area contributed by atoms with Crippen molar-refractivity contribution >= 4 is 33.4 Å². The average molecular weight is 367 g/mol. The molecular formula is C24H15ClN2. The van der Waals surface area contributed by atoms with E-state index >= 15 is 0 Å². The number of benzene rings is 4. The molecule has 1 aromatic heterocycles. The lowest BCUT2D eigenvalue weighted by molar-refractivity contribution is 1.29. The Labute approximate surface area is 162 Å². The van der Waals surface area contributed by atoms with E-state index in [0.29, 0.717) is 0 Å². The lowest BCUT2D eigenvalue weighted by atomic mass is 10.0. The number of fused-ring (bicyclic) bond motifs is 2. The lowest BCUT2D eigenvalue weighted by Gasteiger charge is -2.11. The van der Waals surface area contributed by atoms with Crippen LogP contribution in [0.2, 0.25) is 5.02 Å². The third kappa shape index (κ3) is 2.94. The van der Waals surface area contributed by atoms with Crippen LogP contribution in [0.25, 0.3) is 44.3 Å². The van der Waals surface area contributed by atoms with E-state index in [9.17, 15) is 0 Å². The van der Waals surface area contributed by atoms with Gasteiger partial charge in [-0.05, 0) is 41.1 Å². The zero-order chi connectivity index (χ0) is 18.2. The van der Waals surface area contributed by atoms with Crippen molar-refractivity contribution in [3.63, 3.8) is 0 Å². The number of hydrogen-bond donors (Lipinski definition) is 0. The molecular weight excluding hydrogens is 352 g/mol. The molecule has 2 nitrogen and oxygen atoms in total. The van der Waals surface area contributed by atoms with Crippen LogP contribution in [0.4, 0.5) is 0 Å². The highest BCUT2D eigenvalue weighted by Crippen LogP contribution is 2.33. The molecule has 0 saturated heterocycles. The molecule has 0 bridgehead atoms. The Morgan fingerprint density at radius 3 is 1.85 bits per heavy atom. The summed E-state index contributed by atoms with van der Waals surface area (Å²) in [5.74, 6) is 0. The molecule has 0 aliphatic carbocycles. The van der Waals surface area contributed by atoms with Crippen LogP contribution < -0.4 is 0 Å². The molecule has 0 saturated carbocycles. The Balaban J connectivity index is 1.79. The third-order valence-corrected chi connectivity index (χ3v) is 4.93. The van der Waals surface area contributed by atoms with Crippen LogP contribution in [0.15, 0.2) is 91.0 Å². The van der Waals surface area contributed by atoms with Crippen molar-refractivity contribution in [2.24, 2.45) is 0 Å². The standard InChI is InChI=1S/C24H15ClN2/c25-20-13-12-17-14-19(11-10-18(17)15-20)24-23(16-6-2-1-3-7-16)26-21-8-4-5-9-22(21)27-24/h1-15H. The molecule has 5 rings (SSSR count). The monoisotopic (exact) mass is 366 g/mol. The topological polar surface area (TPSA) is 25.8 Å². The van der Waals surface area contributed by atoms with E-state index in [-0.39, 0.29) is 0 Å². The molecule has 0 fully saturated rings. The summed E-state index contributed by atoms with van der Waals surface area (Å²) in [6, 6.07) is 30.4. The van der Waals surface area contributed by atoms with Gasteiger partial charge < -0.3 is 0 Å². The summed E-state index contributed by atoms with van der Waals surface area (Å²) in [5.41, 5.74) is 5.67. The fourth-order valence-electron chi connectivity index (χ4n) is 3.36. The van der Waals surface area contributed by atoms with Gasteiger partial charge in [-0.15, -0.1) is 0 Å². The van der Waals surface area contributed by atoms with Crippen LogP contribution in [0.5, 0.6) is 0 Å². The Hall–Kier alpha value is -3.23. The summed E-state index contributed by atoms with van der Waals surface area (Å²) in [7, 11) is 0. The molecule has 0 atom stereocenters. The largest absolute Gasteiger partial charge is 0.244 e. The van der Waals surface area contributed by atoms with Crippen LogP contribution in [0.1, 0.15) is 0 Å². The van der Waals surface area contributed by atoms with Gasteiger partial charge in [0.1, 0.15) is 0 Å². The second kappa shape index (κ2) is 6.49. The predicted octanol–water partition coefficient (Wildman–Crippen LogP) is 6.77. The van der Waals surface area contributed by atoms with Gasteiger partial charge in [0, 0.05) is 16.1 Å². The Kier molecular flexibility index (Phi) is 3.84. The molecule has 0 N–H and O–H groups in total. The zero-order valence-corrected chi connectivity index (χ0v) is 15.2. The molecule has 5 aromatic rings. The molecule has 0 aliphatic rings. The average Bonchev–Trinajstić information content (AvgIpc) is 2.73. The van der Waals surface area contributed by atoms with E-state index < -0.39 is 0 Å². The van der Waals surface area contributed by atoms with Gasteiger partial charge in [-0.25, -0.2) is 9.97 Å². The normalized spacial score (nSPS) is 11.1. The first kappa shape index (κ1) is 16.0. The number of halogens is 1. The first-order chi connectivity index (χ1) is 13.3. The SMILES string of the molecule is Clc1ccc2cc(-c3nc4ccccc4nc3-c3ccccc3)ccc2c1. The highest BCUT2D eigenvalue weighted by atomic mass is 35.5. The molecule has 0 unspecified atom stereocenters. The molecule has 0 spiro atoms. The lowest BCUT2D eigenvalue weighted by Crippen LogP contribution is -1.95. The highest BCUT2D eigenvalue weighted by molar-refractivity contribution is 6.31. The number of nitrogens with zero attached hydrogens (tertiary/aromatic N) is 2. The van der Waals surface area contributed by atoms with Crippen molar-refractivity contribution < 1.29 is 0 Å². The van der Waals surface area contributed by atoms with E-state index in [1.165, 1.54) is 0 Å². The van der Waals surface area contributed by atoms with Crippen LogP contribution in [0.3, 0.4) is 0 Å². The van der Waals surface area contributed by atoms with Gasteiger partial charge in [-0.2, -0.15) is 0 Å². The maximum atomic E-state index is 6.12. The van der Waals surface area contributed by atoms with E-state index in [1.807, 2.05) is 60.7 Å². The van der Waals surface area contributed by atoms with Crippen molar-refractivity contribution in [2.75, 3.05) is 0 Å². The molecule has 0 radical (unpaired) electrons. The minimum atomic E-state index is 0.741. The van der Waals surface area contributed by atoms with Gasteiger partial charge in [0.15, 0.2) is 0 Å². The summed E-state index contributed by atoms with van der Waals surface area (Å²) in [5, 5.41) is 2.98. The van der Waals surface area contributed by atoms with Gasteiger partial charge in [0.25, 0.3) is 0 Å².